The van der Waals surface area contributed by atoms with Crippen LogP contribution in [0.15, 0.2) is 30.5 Å². The summed E-state index contributed by atoms with van der Waals surface area (Å²) in [5, 5.41) is 4.27. The molecule has 2 heterocycles. The summed E-state index contributed by atoms with van der Waals surface area (Å²) in [7, 11) is 0. The van der Waals surface area contributed by atoms with E-state index in [1.54, 1.807) is 0 Å². The molecule has 5 heteroatoms. The molecule has 23 heavy (non-hydrogen) atoms. The summed E-state index contributed by atoms with van der Waals surface area (Å²) in [6, 6.07) is 8.22. The van der Waals surface area contributed by atoms with Gasteiger partial charge in [-0.05, 0) is 18.1 Å². The second-order valence-corrected chi connectivity index (χ2v) is 6.21. The standard InChI is InChI=1S/C18H25N3O2/c1-14(12-15-13-20-17-5-3-2-4-16(15)17)18(22)19-6-7-21-8-10-23-11-9-21/h2-5,13-14,20H,6-12H2,1H3,(H,19,22). The molecule has 1 saturated heterocycles. The molecule has 0 aliphatic carbocycles. The van der Waals surface area contributed by atoms with E-state index in [-0.39, 0.29) is 11.8 Å². The summed E-state index contributed by atoms with van der Waals surface area (Å²) in [6.07, 6.45) is 2.77. The number of H-pyrrole nitrogens is 1. The third-order valence-corrected chi connectivity index (χ3v) is 4.48. The van der Waals surface area contributed by atoms with Crippen molar-refractivity contribution in [1.29, 1.82) is 0 Å². The average molecular weight is 315 g/mol. The van der Waals surface area contributed by atoms with Gasteiger partial charge in [-0.2, -0.15) is 0 Å². The molecule has 1 aliphatic rings. The van der Waals surface area contributed by atoms with Crippen LogP contribution in [0.1, 0.15) is 12.5 Å². The Kier molecular flexibility index (Phi) is 5.31. The lowest BCUT2D eigenvalue weighted by Gasteiger charge is -2.26. The molecule has 1 amide bonds. The minimum Gasteiger partial charge on any atom is -0.379 e. The van der Waals surface area contributed by atoms with Gasteiger partial charge in [-0.3, -0.25) is 9.69 Å². The largest absolute Gasteiger partial charge is 0.379 e. The second-order valence-electron chi connectivity index (χ2n) is 6.21. The van der Waals surface area contributed by atoms with Gasteiger partial charge in [-0.25, -0.2) is 0 Å². The van der Waals surface area contributed by atoms with Crippen molar-refractivity contribution in [2.45, 2.75) is 13.3 Å². The Bertz CT molecular complexity index is 647. The summed E-state index contributed by atoms with van der Waals surface area (Å²) < 4.78 is 5.33. The molecule has 0 spiro atoms. The van der Waals surface area contributed by atoms with Gasteiger partial charge >= 0.3 is 0 Å². The number of para-hydroxylation sites is 1. The van der Waals surface area contributed by atoms with Crippen molar-refractivity contribution in [3.05, 3.63) is 36.0 Å². The number of fused-ring (bicyclic) bond motifs is 1. The molecule has 0 radical (unpaired) electrons. The highest BCUT2D eigenvalue weighted by molar-refractivity contribution is 5.84. The summed E-state index contributed by atoms with van der Waals surface area (Å²) in [5.41, 5.74) is 2.33. The van der Waals surface area contributed by atoms with E-state index in [2.05, 4.69) is 27.3 Å². The van der Waals surface area contributed by atoms with Crippen LogP contribution in [0.2, 0.25) is 0 Å². The number of nitrogens with one attached hydrogen (secondary N) is 2. The van der Waals surface area contributed by atoms with Crippen LogP contribution in [-0.2, 0) is 16.0 Å². The number of amides is 1. The predicted molar refractivity (Wildman–Crippen MR) is 91.4 cm³/mol. The van der Waals surface area contributed by atoms with E-state index in [1.807, 2.05) is 25.3 Å². The number of aromatic amines is 1. The molecule has 1 fully saturated rings. The van der Waals surface area contributed by atoms with E-state index in [1.165, 1.54) is 10.9 Å². The predicted octanol–water partition coefficient (Wildman–Crippen LogP) is 1.79. The lowest BCUT2D eigenvalue weighted by Crippen LogP contribution is -2.42. The Morgan fingerprint density at radius 3 is 2.96 bits per heavy atom. The van der Waals surface area contributed by atoms with Crippen LogP contribution in [0.25, 0.3) is 10.9 Å². The third-order valence-electron chi connectivity index (χ3n) is 4.48. The maximum atomic E-state index is 12.3. The minimum atomic E-state index is -0.0288. The normalized spacial score (nSPS) is 17.3. The molecular weight excluding hydrogens is 290 g/mol. The number of carbonyl (C=O) groups excluding carboxylic acids is 1. The molecule has 0 bridgehead atoms. The third kappa shape index (κ3) is 4.12. The van der Waals surface area contributed by atoms with E-state index in [9.17, 15) is 4.79 Å². The smallest absolute Gasteiger partial charge is 0.223 e. The number of ether oxygens (including phenoxy) is 1. The molecule has 5 nitrogen and oxygen atoms in total. The Balaban J connectivity index is 1.47. The summed E-state index contributed by atoms with van der Waals surface area (Å²) >= 11 is 0. The zero-order valence-corrected chi connectivity index (χ0v) is 13.7. The van der Waals surface area contributed by atoms with Gasteiger partial charge in [0.15, 0.2) is 0 Å². The van der Waals surface area contributed by atoms with Crippen molar-refractivity contribution in [1.82, 2.24) is 15.2 Å². The number of carbonyl (C=O) groups is 1. The molecular formula is C18H25N3O2. The fourth-order valence-electron chi connectivity index (χ4n) is 3.06. The Labute approximate surface area is 137 Å². The minimum absolute atomic E-state index is 0.0288. The van der Waals surface area contributed by atoms with Crippen LogP contribution in [0.3, 0.4) is 0 Å². The summed E-state index contributed by atoms with van der Waals surface area (Å²) in [6.45, 7) is 7.11. The molecule has 1 unspecified atom stereocenters. The second kappa shape index (κ2) is 7.62. The quantitative estimate of drug-likeness (QED) is 0.854. The number of hydrogen-bond donors (Lipinski definition) is 2. The summed E-state index contributed by atoms with van der Waals surface area (Å²) in [5.74, 6) is 0.0995. The van der Waals surface area contributed by atoms with Gasteiger partial charge in [0, 0.05) is 49.2 Å². The van der Waals surface area contributed by atoms with Crippen LogP contribution < -0.4 is 5.32 Å². The first-order valence-electron chi connectivity index (χ1n) is 8.37. The van der Waals surface area contributed by atoms with Gasteiger partial charge in [0.1, 0.15) is 0 Å². The van der Waals surface area contributed by atoms with Crippen LogP contribution in [0, 0.1) is 5.92 Å². The van der Waals surface area contributed by atoms with Gasteiger partial charge in [0.2, 0.25) is 5.91 Å². The van der Waals surface area contributed by atoms with E-state index in [4.69, 9.17) is 4.74 Å². The van der Waals surface area contributed by atoms with Crippen LogP contribution in [0.4, 0.5) is 0 Å². The number of benzene rings is 1. The number of nitrogens with zero attached hydrogens (tertiary/aromatic N) is 1. The van der Waals surface area contributed by atoms with Crippen LogP contribution >= 0.6 is 0 Å². The number of aromatic nitrogens is 1. The highest BCUT2D eigenvalue weighted by Gasteiger charge is 2.16. The first-order valence-corrected chi connectivity index (χ1v) is 8.37. The highest BCUT2D eigenvalue weighted by Crippen LogP contribution is 2.20. The topological polar surface area (TPSA) is 57.4 Å². The fraction of sp³-hybridized carbons (Fsp3) is 0.500. The van der Waals surface area contributed by atoms with E-state index in [0.717, 1.165) is 44.8 Å². The zero-order chi connectivity index (χ0) is 16.1. The maximum Gasteiger partial charge on any atom is 0.223 e. The number of hydrogen-bond acceptors (Lipinski definition) is 3. The Hall–Kier alpha value is -1.85. The highest BCUT2D eigenvalue weighted by atomic mass is 16.5. The van der Waals surface area contributed by atoms with Gasteiger partial charge in [-0.15, -0.1) is 0 Å². The monoisotopic (exact) mass is 315 g/mol. The van der Waals surface area contributed by atoms with Gasteiger partial charge in [0.25, 0.3) is 0 Å². The first kappa shape index (κ1) is 16.0. The van der Waals surface area contributed by atoms with Gasteiger partial charge in [0.05, 0.1) is 13.2 Å². The first-order chi connectivity index (χ1) is 11.2. The molecule has 2 N–H and O–H groups in total. The van der Waals surface area contributed by atoms with Crippen molar-refractivity contribution < 1.29 is 9.53 Å². The van der Waals surface area contributed by atoms with E-state index in [0.29, 0.717) is 6.54 Å². The molecule has 2 aromatic rings. The zero-order valence-electron chi connectivity index (χ0n) is 13.7. The lowest BCUT2D eigenvalue weighted by atomic mass is 10.00. The number of morpholine rings is 1. The van der Waals surface area contributed by atoms with E-state index < -0.39 is 0 Å². The SMILES string of the molecule is CC(Cc1c[nH]c2ccccc12)C(=O)NCCN1CCOCC1. The van der Waals surface area contributed by atoms with Crippen LogP contribution in [0.5, 0.6) is 0 Å². The van der Waals surface area contributed by atoms with Crippen LogP contribution in [-0.4, -0.2) is 55.2 Å². The van der Waals surface area contributed by atoms with Gasteiger partial charge < -0.3 is 15.0 Å². The van der Waals surface area contributed by atoms with Crippen molar-refractivity contribution >= 4 is 16.8 Å². The lowest BCUT2D eigenvalue weighted by molar-refractivity contribution is -0.124. The van der Waals surface area contributed by atoms with E-state index >= 15 is 0 Å². The van der Waals surface area contributed by atoms with Crippen molar-refractivity contribution in [2.24, 2.45) is 5.92 Å². The maximum absolute atomic E-state index is 12.3. The van der Waals surface area contributed by atoms with Crippen molar-refractivity contribution in [3.63, 3.8) is 0 Å². The summed E-state index contributed by atoms with van der Waals surface area (Å²) in [4.78, 5) is 17.9. The Morgan fingerprint density at radius 2 is 2.13 bits per heavy atom. The molecule has 1 atom stereocenters. The molecule has 0 saturated carbocycles. The molecule has 1 aromatic heterocycles. The average Bonchev–Trinajstić information content (AvgIpc) is 2.99. The number of rotatable bonds is 6. The fourth-order valence-corrected chi connectivity index (χ4v) is 3.06. The molecule has 1 aromatic carbocycles. The molecule has 1 aliphatic heterocycles. The van der Waals surface area contributed by atoms with Crippen molar-refractivity contribution in [2.75, 3.05) is 39.4 Å². The van der Waals surface area contributed by atoms with Crippen molar-refractivity contribution in [3.8, 4) is 0 Å². The Morgan fingerprint density at radius 1 is 1.35 bits per heavy atom. The van der Waals surface area contributed by atoms with Gasteiger partial charge in [-0.1, -0.05) is 25.1 Å². The molecule has 3 rings (SSSR count). The molecule has 124 valence electrons.